The monoisotopic (exact) mass is 180 g/mol. The average Bonchev–Trinajstić information content (AvgIpc) is 2.15. The van der Waals surface area contributed by atoms with Crippen LogP contribution in [0, 0.1) is 0 Å². The maximum atomic E-state index is 10.4. The van der Waals surface area contributed by atoms with E-state index in [4.69, 9.17) is 5.73 Å². The molecule has 0 radical (unpaired) electrons. The van der Waals surface area contributed by atoms with Crippen molar-refractivity contribution in [3.8, 4) is 0 Å². The molecule has 1 atom stereocenters. The average molecular weight is 180 g/mol. The molecule has 70 valence electrons. The van der Waals surface area contributed by atoms with Gasteiger partial charge in [0, 0.05) is 0 Å². The normalized spacial score (nSPS) is 12.4. The number of benzene rings is 1. The Hall–Kier alpha value is -1.39. The Kier molecular flexibility index (Phi) is 3.42. The maximum Gasteiger partial charge on any atom is 0.231 e. The van der Waals surface area contributed by atoms with Crippen molar-refractivity contribution < 1.29 is 9.90 Å². The zero-order valence-electron chi connectivity index (χ0n) is 7.10. The number of carbonyl (C=O) groups excluding carboxylic acids is 1. The number of rotatable bonds is 4. The Morgan fingerprint density at radius 2 is 2.08 bits per heavy atom. The minimum atomic E-state index is -0.839. The molecule has 0 saturated heterocycles. The number of hydrogen-bond donors (Lipinski definition) is 3. The van der Waals surface area contributed by atoms with Crippen LogP contribution in [-0.4, -0.2) is 17.6 Å². The molecule has 1 aromatic rings. The fourth-order valence-corrected chi connectivity index (χ4v) is 0.950. The Balaban J connectivity index is 2.49. The first-order chi connectivity index (χ1) is 6.20. The van der Waals surface area contributed by atoms with Gasteiger partial charge in [-0.05, 0) is 5.56 Å². The second-order valence-electron chi connectivity index (χ2n) is 2.66. The molecule has 4 heteroatoms. The minimum Gasteiger partial charge on any atom is -0.374 e. The third-order valence-corrected chi connectivity index (χ3v) is 1.58. The van der Waals surface area contributed by atoms with Crippen LogP contribution in [0.25, 0.3) is 0 Å². The maximum absolute atomic E-state index is 10.4. The van der Waals surface area contributed by atoms with E-state index in [1.54, 1.807) is 12.1 Å². The highest BCUT2D eigenvalue weighted by Crippen LogP contribution is 2.07. The predicted octanol–water partition coefficient (Wildman–Crippen LogP) is -0.248. The van der Waals surface area contributed by atoms with Gasteiger partial charge in [-0.25, -0.2) is 0 Å². The summed E-state index contributed by atoms with van der Waals surface area (Å²) >= 11 is 0. The van der Waals surface area contributed by atoms with Crippen LogP contribution in [0.3, 0.4) is 0 Å². The van der Waals surface area contributed by atoms with E-state index in [1.165, 1.54) is 0 Å². The van der Waals surface area contributed by atoms with Crippen LogP contribution in [-0.2, 0) is 4.79 Å². The van der Waals surface area contributed by atoms with Gasteiger partial charge in [0.25, 0.3) is 0 Å². The first kappa shape index (κ1) is 9.70. The van der Waals surface area contributed by atoms with Gasteiger partial charge in [-0.2, -0.15) is 0 Å². The van der Waals surface area contributed by atoms with Crippen LogP contribution < -0.4 is 11.1 Å². The second-order valence-corrected chi connectivity index (χ2v) is 2.66. The summed E-state index contributed by atoms with van der Waals surface area (Å²) in [6, 6.07) is 9.00. The molecule has 1 rings (SSSR count). The lowest BCUT2D eigenvalue weighted by molar-refractivity contribution is -0.117. The zero-order valence-corrected chi connectivity index (χ0v) is 7.10. The molecule has 0 heterocycles. The lowest BCUT2D eigenvalue weighted by atomic mass is 10.2. The summed E-state index contributed by atoms with van der Waals surface area (Å²) in [7, 11) is 0. The lowest BCUT2D eigenvalue weighted by Gasteiger charge is -2.10. The zero-order chi connectivity index (χ0) is 9.68. The van der Waals surface area contributed by atoms with Gasteiger partial charge >= 0.3 is 0 Å². The topological polar surface area (TPSA) is 75.4 Å². The fraction of sp³-hybridized carbons (Fsp3) is 0.222. The molecule has 0 fully saturated rings. The lowest BCUT2D eigenvalue weighted by Crippen LogP contribution is -2.31. The van der Waals surface area contributed by atoms with Crippen LogP contribution in [0.1, 0.15) is 11.8 Å². The molecule has 0 aliphatic carbocycles. The van der Waals surface area contributed by atoms with Gasteiger partial charge in [0.05, 0.1) is 6.54 Å². The highest BCUT2D eigenvalue weighted by atomic mass is 16.3. The number of carbonyl (C=O) groups is 1. The number of primary amides is 1. The molecule has 0 aromatic heterocycles. The van der Waals surface area contributed by atoms with Crippen LogP contribution in [0.4, 0.5) is 0 Å². The molecule has 1 unspecified atom stereocenters. The van der Waals surface area contributed by atoms with E-state index in [9.17, 15) is 9.90 Å². The molecular formula is C9H12N2O2. The van der Waals surface area contributed by atoms with Crippen molar-refractivity contribution in [2.45, 2.75) is 6.23 Å². The highest BCUT2D eigenvalue weighted by molar-refractivity contribution is 5.75. The van der Waals surface area contributed by atoms with E-state index in [1.807, 2.05) is 18.2 Å². The summed E-state index contributed by atoms with van der Waals surface area (Å²) in [5, 5.41) is 12.0. The van der Waals surface area contributed by atoms with Crippen molar-refractivity contribution in [1.82, 2.24) is 5.32 Å². The number of nitrogens with one attached hydrogen (secondary N) is 1. The van der Waals surface area contributed by atoms with Gasteiger partial charge < -0.3 is 10.8 Å². The van der Waals surface area contributed by atoms with Crippen LogP contribution in [0.5, 0.6) is 0 Å². The number of aliphatic hydroxyl groups excluding tert-OH is 1. The molecule has 13 heavy (non-hydrogen) atoms. The standard InChI is InChI=1S/C9H12N2O2/c10-8(12)6-11-9(13)7-4-2-1-3-5-7/h1-5,9,11,13H,6H2,(H2,10,12). The van der Waals surface area contributed by atoms with Gasteiger partial charge in [0.15, 0.2) is 0 Å². The predicted molar refractivity (Wildman–Crippen MR) is 48.6 cm³/mol. The van der Waals surface area contributed by atoms with Crippen molar-refractivity contribution in [2.24, 2.45) is 5.73 Å². The summed E-state index contributed by atoms with van der Waals surface area (Å²) < 4.78 is 0. The van der Waals surface area contributed by atoms with Gasteiger partial charge in [0.1, 0.15) is 6.23 Å². The van der Waals surface area contributed by atoms with Crippen molar-refractivity contribution >= 4 is 5.91 Å². The SMILES string of the molecule is NC(=O)CNC(O)c1ccccc1. The fourth-order valence-electron chi connectivity index (χ4n) is 0.950. The Labute approximate surface area is 76.4 Å². The highest BCUT2D eigenvalue weighted by Gasteiger charge is 2.05. The molecule has 0 bridgehead atoms. The van der Waals surface area contributed by atoms with Crippen LogP contribution >= 0.6 is 0 Å². The van der Waals surface area contributed by atoms with E-state index in [-0.39, 0.29) is 6.54 Å². The molecule has 0 spiro atoms. The summed E-state index contributed by atoms with van der Waals surface area (Å²) in [6.45, 7) is -0.0317. The quantitative estimate of drug-likeness (QED) is 0.559. The summed E-state index contributed by atoms with van der Waals surface area (Å²) in [4.78, 5) is 10.4. The third-order valence-electron chi connectivity index (χ3n) is 1.58. The van der Waals surface area contributed by atoms with E-state index in [0.29, 0.717) is 5.56 Å². The van der Waals surface area contributed by atoms with E-state index in [2.05, 4.69) is 5.32 Å². The molecule has 0 saturated carbocycles. The Morgan fingerprint density at radius 3 is 2.62 bits per heavy atom. The summed E-state index contributed by atoms with van der Waals surface area (Å²) in [5.74, 6) is -0.491. The van der Waals surface area contributed by atoms with Crippen molar-refractivity contribution in [3.63, 3.8) is 0 Å². The molecule has 1 amide bonds. The van der Waals surface area contributed by atoms with Crippen molar-refractivity contribution in [3.05, 3.63) is 35.9 Å². The largest absolute Gasteiger partial charge is 0.374 e. The first-order valence-electron chi connectivity index (χ1n) is 3.95. The third kappa shape index (κ3) is 3.23. The first-order valence-corrected chi connectivity index (χ1v) is 3.95. The van der Waals surface area contributed by atoms with Gasteiger partial charge in [0.2, 0.25) is 5.91 Å². The number of hydrogen-bond acceptors (Lipinski definition) is 3. The number of aliphatic hydroxyl groups is 1. The molecule has 0 aliphatic rings. The van der Waals surface area contributed by atoms with Gasteiger partial charge in [-0.3, -0.25) is 10.1 Å². The Morgan fingerprint density at radius 1 is 1.46 bits per heavy atom. The summed E-state index contributed by atoms with van der Waals surface area (Å²) in [5.41, 5.74) is 5.62. The minimum absolute atomic E-state index is 0.0317. The molecule has 0 aliphatic heterocycles. The summed E-state index contributed by atoms with van der Waals surface area (Å²) in [6.07, 6.45) is -0.839. The van der Waals surface area contributed by atoms with Crippen LogP contribution in [0.15, 0.2) is 30.3 Å². The molecule has 4 N–H and O–H groups in total. The van der Waals surface area contributed by atoms with Crippen LogP contribution in [0.2, 0.25) is 0 Å². The second kappa shape index (κ2) is 4.59. The molecule has 1 aromatic carbocycles. The van der Waals surface area contributed by atoms with E-state index >= 15 is 0 Å². The number of nitrogens with two attached hydrogens (primary N) is 1. The van der Waals surface area contributed by atoms with E-state index < -0.39 is 12.1 Å². The van der Waals surface area contributed by atoms with Crippen molar-refractivity contribution in [1.29, 1.82) is 0 Å². The molecule has 4 nitrogen and oxygen atoms in total. The van der Waals surface area contributed by atoms with Gasteiger partial charge in [-0.1, -0.05) is 30.3 Å². The number of amides is 1. The molecular weight excluding hydrogens is 168 g/mol. The Bertz CT molecular complexity index is 274. The van der Waals surface area contributed by atoms with E-state index in [0.717, 1.165) is 0 Å². The van der Waals surface area contributed by atoms with Gasteiger partial charge in [-0.15, -0.1) is 0 Å². The van der Waals surface area contributed by atoms with Crippen molar-refractivity contribution in [2.75, 3.05) is 6.54 Å². The smallest absolute Gasteiger partial charge is 0.231 e.